The summed E-state index contributed by atoms with van der Waals surface area (Å²) in [6, 6.07) is 18.1. The highest BCUT2D eigenvalue weighted by Gasteiger charge is 2.22. The van der Waals surface area contributed by atoms with Crippen LogP contribution in [0, 0.1) is 13.8 Å². The zero-order valence-corrected chi connectivity index (χ0v) is 19.0. The van der Waals surface area contributed by atoms with Crippen LogP contribution in [0.2, 0.25) is 5.02 Å². The molecule has 0 bridgehead atoms. The van der Waals surface area contributed by atoms with Crippen molar-refractivity contribution in [3.05, 3.63) is 87.9 Å². The molecular formula is C26H23ClN2O4. The van der Waals surface area contributed by atoms with Gasteiger partial charge in [0, 0.05) is 11.4 Å². The Bertz CT molecular complexity index is 1190. The second-order valence-electron chi connectivity index (χ2n) is 7.62. The molecule has 3 aromatic carbocycles. The second-order valence-corrected chi connectivity index (χ2v) is 8.03. The van der Waals surface area contributed by atoms with Crippen molar-refractivity contribution >= 4 is 40.9 Å². The lowest BCUT2D eigenvalue weighted by Gasteiger charge is -2.20. The van der Waals surface area contributed by atoms with Gasteiger partial charge in [-0.3, -0.25) is 9.59 Å². The molecule has 0 radical (unpaired) electrons. The van der Waals surface area contributed by atoms with Crippen LogP contribution in [0.3, 0.4) is 0 Å². The van der Waals surface area contributed by atoms with Crippen LogP contribution in [-0.4, -0.2) is 25.0 Å². The van der Waals surface area contributed by atoms with Gasteiger partial charge in [-0.05, 0) is 60.9 Å². The Balaban J connectivity index is 1.71. The maximum atomic E-state index is 13.2. The second kappa shape index (κ2) is 9.79. The van der Waals surface area contributed by atoms with Gasteiger partial charge in [0.15, 0.2) is 11.5 Å². The third kappa shape index (κ3) is 5.18. The molecule has 4 rings (SSSR count). The Labute approximate surface area is 197 Å². The molecule has 2 amide bonds. The predicted molar refractivity (Wildman–Crippen MR) is 130 cm³/mol. The molecule has 33 heavy (non-hydrogen) atoms. The number of hydrogen-bond acceptors (Lipinski definition) is 4. The molecule has 0 atom stereocenters. The van der Waals surface area contributed by atoms with Crippen molar-refractivity contribution in [3.8, 4) is 11.5 Å². The molecule has 1 heterocycles. The van der Waals surface area contributed by atoms with Crippen LogP contribution >= 0.6 is 11.6 Å². The summed E-state index contributed by atoms with van der Waals surface area (Å²) in [5.41, 5.74) is 3.47. The van der Waals surface area contributed by atoms with E-state index in [0.29, 0.717) is 46.7 Å². The van der Waals surface area contributed by atoms with Crippen LogP contribution in [0.15, 0.2) is 66.2 Å². The molecule has 3 aromatic rings. The number of carbonyl (C=O) groups excluding carboxylic acids is 2. The minimum absolute atomic E-state index is 0.0748. The molecule has 168 valence electrons. The van der Waals surface area contributed by atoms with Crippen molar-refractivity contribution in [2.45, 2.75) is 13.8 Å². The minimum atomic E-state index is -0.540. The first-order valence-corrected chi connectivity index (χ1v) is 10.8. The molecule has 0 saturated heterocycles. The van der Waals surface area contributed by atoms with E-state index in [0.717, 1.165) is 11.1 Å². The molecule has 1 aliphatic heterocycles. The molecule has 0 spiro atoms. The van der Waals surface area contributed by atoms with Crippen LogP contribution in [0.1, 0.15) is 16.7 Å². The maximum absolute atomic E-state index is 13.2. The Kier molecular flexibility index (Phi) is 6.66. The van der Waals surface area contributed by atoms with Crippen LogP contribution in [-0.2, 0) is 9.59 Å². The number of ether oxygens (including phenoxy) is 2. The zero-order valence-electron chi connectivity index (χ0n) is 18.3. The quantitative estimate of drug-likeness (QED) is 0.303. The summed E-state index contributed by atoms with van der Waals surface area (Å²) in [4.78, 5) is 26.5. The number of anilines is 2. The molecule has 0 saturated carbocycles. The van der Waals surface area contributed by atoms with Crippen molar-refractivity contribution in [2.75, 3.05) is 23.8 Å². The van der Waals surface area contributed by atoms with Gasteiger partial charge in [-0.25, -0.2) is 0 Å². The lowest BCUT2D eigenvalue weighted by atomic mass is 10.1. The Morgan fingerprint density at radius 1 is 0.848 bits per heavy atom. The first kappa shape index (κ1) is 22.4. The number of nitrogens with one attached hydrogen (secondary N) is 2. The van der Waals surface area contributed by atoms with E-state index in [1.807, 2.05) is 50.2 Å². The predicted octanol–water partition coefficient (Wildman–Crippen LogP) is 5.39. The zero-order chi connectivity index (χ0) is 23.4. The summed E-state index contributed by atoms with van der Waals surface area (Å²) in [6.45, 7) is 4.57. The average Bonchev–Trinajstić information content (AvgIpc) is 2.80. The van der Waals surface area contributed by atoms with Crippen molar-refractivity contribution in [2.24, 2.45) is 0 Å². The van der Waals surface area contributed by atoms with Crippen LogP contribution in [0.4, 0.5) is 11.4 Å². The fourth-order valence-electron chi connectivity index (χ4n) is 3.42. The summed E-state index contributed by atoms with van der Waals surface area (Å²) in [5.74, 6) is -0.156. The molecule has 1 aliphatic rings. The van der Waals surface area contributed by atoms with Crippen LogP contribution < -0.4 is 20.1 Å². The number of carbonyl (C=O) groups is 2. The van der Waals surface area contributed by atoms with E-state index in [1.165, 1.54) is 6.08 Å². The topological polar surface area (TPSA) is 76.7 Å². The van der Waals surface area contributed by atoms with Crippen molar-refractivity contribution in [3.63, 3.8) is 0 Å². The highest BCUT2D eigenvalue weighted by Crippen LogP contribution is 2.39. The van der Waals surface area contributed by atoms with Crippen molar-refractivity contribution < 1.29 is 19.1 Å². The third-order valence-electron chi connectivity index (χ3n) is 5.21. The summed E-state index contributed by atoms with van der Waals surface area (Å²) in [5, 5.41) is 6.01. The highest BCUT2D eigenvalue weighted by atomic mass is 35.5. The van der Waals surface area contributed by atoms with E-state index in [-0.39, 0.29) is 5.57 Å². The smallest absolute Gasteiger partial charge is 0.261 e. The van der Waals surface area contributed by atoms with Crippen LogP contribution in [0.5, 0.6) is 11.5 Å². The summed E-state index contributed by atoms with van der Waals surface area (Å²) in [7, 11) is 0. The number of benzene rings is 3. The van der Waals surface area contributed by atoms with E-state index >= 15 is 0 Å². The highest BCUT2D eigenvalue weighted by molar-refractivity contribution is 6.33. The van der Waals surface area contributed by atoms with Gasteiger partial charge in [0.1, 0.15) is 18.8 Å². The molecule has 6 nitrogen and oxygen atoms in total. The van der Waals surface area contributed by atoms with Gasteiger partial charge in [0.05, 0.1) is 5.02 Å². The normalized spacial score (nSPS) is 12.0. The Morgan fingerprint density at radius 2 is 1.39 bits per heavy atom. The first-order valence-electron chi connectivity index (χ1n) is 10.5. The van der Waals surface area contributed by atoms with Gasteiger partial charge < -0.3 is 20.1 Å². The summed E-state index contributed by atoms with van der Waals surface area (Å²) in [6.07, 6.45) is 1.49. The van der Waals surface area contributed by atoms with Gasteiger partial charge in [0.2, 0.25) is 0 Å². The molecule has 0 aliphatic carbocycles. The number of aryl methyl sites for hydroxylation is 2. The molecule has 0 fully saturated rings. The number of halogens is 1. The largest absolute Gasteiger partial charge is 0.486 e. The number of para-hydroxylation sites is 2. The molecule has 7 heteroatoms. The standard InChI is InChI=1S/C26H23ClN2O4/c1-16-7-3-5-9-21(16)28-25(30)19(26(31)29-22-10-6-4-8-17(22)2)13-18-14-20(27)24-23(15-18)32-11-12-33-24/h3-10,13-15H,11-12H2,1-2H3,(H,28,30)(H,29,31). The van der Waals surface area contributed by atoms with Gasteiger partial charge >= 0.3 is 0 Å². The van der Waals surface area contributed by atoms with Crippen molar-refractivity contribution in [1.82, 2.24) is 0 Å². The number of amides is 2. The van der Waals surface area contributed by atoms with E-state index in [1.54, 1.807) is 24.3 Å². The molecular weight excluding hydrogens is 440 g/mol. The van der Waals surface area contributed by atoms with E-state index in [2.05, 4.69) is 10.6 Å². The molecule has 2 N–H and O–H groups in total. The Morgan fingerprint density at radius 3 is 1.97 bits per heavy atom. The Hall–Kier alpha value is -3.77. The number of fused-ring (bicyclic) bond motifs is 1. The van der Waals surface area contributed by atoms with Gasteiger partial charge in [-0.15, -0.1) is 0 Å². The lowest BCUT2D eigenvalue weighted by Crippen LogP contribution is -2.26. The van der Waals surface area contributed by atoms with Crippen molar-refractivity contribution in [1.29, 1.82) is 0 Å². The van der Waals surface area contributed by atoms with Crippen LogP contribution in [0.25, 0.3) is 6.08 Å². The lowest BCUT2D eigenvalue weighted by molar-refractivity contribution is -0.118. The van der Waals surface area contributed by atoms with Gasteiger partial charge in [-0.1, -0.05) is 48.0 Å². The average molecular weight is 463 g/mol. The monoisotopic (exact) mass is 462 g/mol. The SMILES string of the molecule is Cc1ccccc1NC(=O)C(=Cc1cc(Cl)c2c(c1)OCCO2)C(=O)Nc1ccccc1C. The maximum Gasteiger partial charge on any atom is 0.261 e. The fourth-order valence-corrected chi connectivity index (χ4v) is 3.69. The number of hydrogen-bond donors (Lipinski definition) is 2. The minimum Gasteiger partial charge on any atom is -0.486 e. The van der Waals surface area contributed by atoms with E-state index in [9.17, 15) is 9.59 Å². The molecule has 0 unspecified atom stereocenters. The summed E-state index contributed by atoms with van der Waals surface area (Å²) >= 11 is 6.36. The van der Waals surface area contributed by atoms with E-state index < -0.39 is 11.8 Å². The van der Waals surface area contributed by atoms with Gasteiger partial charge in [-0.2, -0.15) is 0 Å². The fraction of sp³-hybridized carbons (Fsp3) is 0.154. The third-order valence-corrected chi connectivity index (χ3v) is 5.49. The first-order chi connectivity index (χ1) is 15.9. The molecule has 0 aromatic heterocycles. The van der Waals surface area contributed by atoms with Gasteiger partial charge in [0.25, 0.3) is 11.8 Å². The summed E-state index contributed by atoms with van der Waals surface area (Å²) < 4.78 is 11.2. The van der Waals surface area contributed by atoms with E-state index in [4.69, 9.17) is 21.1 Å². The number of rotatable bonds is 5.